The first-order valence-electron chi connectivity index (χ1n) is 6.71. The zero-order valence-electron chi connectivity index (χ0n) is 12.4. The quantitative estimate of drug-likeness (QED) is 0.864. The van der Waals surface area contributed by atoms with Crippen molar-refractivity contribution < 1.29 is 14.3 Å². The molecule has 0 unspecified atom stereocenters. The van der Waals surface area contributed by atoms with Crippen LogP contribution in [-0.2, 0) is 14.3 Å². The minimum absolute atomic E-state index is 0.294. The number of benzene rings is 1. The van der Waals surface area contributed by atoms with Crippen LogP contribution in [0.5, 0.6) is 0 Å². The van der Waals surface area contributed by atoms with Gasteiger partial charge in [0.1, 0.15) is 12.0 Å². The molecule has 1 aliphatic rings. The Morgan fingerprint density at radius 1 is 1.36 bits per heavy atom. The predicted octanol–water partition coefficient (Wildman–Crippen LogP) is 3.57. The molecule has 4 nitrogen and oxygen atoms in total. The van der Waals surface area contributed by atoms with Gasteiger partial charge in [-0.1, -0.05) is 17.7 Å². The first-order chi connectivity index (χ1) is 10.5. The highest BCUT2D eigenvalue weighted by Crippen LogP contribution is 2.23. The number of nitrogens with one attached hydrogen (secondary N) is 1. The van der Waals surface area contributed by atoms with Crippen LogP contribution < -0.4 is 5.32 Å². The third-order valence-electron chi connectivity index (χ3n) is 3.29. The van der Waals surface area contributed by atoms with Crippen LogP contribution in [0.4, 0.5) is 5.69 Å². The number of ether oxygens (including phenoxy) is 1. The average Bonchev–Trinajstić information content (AvgIpc) is 2.73. The zero-order valence-corrected chi connectivity index (χ0v) is 13.1. The number of anilines is 1. The van der Waals surface area contributed by atoms with Crippen molar-refractivity contribution in [1.82, 2.24) is 0 Å². The lowest BCUT2D eigenvalue weighted by atomic mass is 10.1. The van der Waals surface area contributed by atoms with Gasteiger partial charge in [0.2, 0.25) is 0 Å². The SMILES string of the molecule is COC1=CC=C(C=O)C=C(C(=O)Nc2ccc(C)c(Cl)c2)C1. The second-order valence-corrected chi connectivity index (χ2v) is 5.29. The van der Waals surface area contributed by atoms with E-state index in [2.05, 4.69) is 5.32 Å². The van der Waals surface area contributed by atoms with Crippen molar-refractivity contribution in [3.05, 3.63) is 63.9 Å². The summed E-state index contributed by atoms with van der Waals surface area (Å²) in [5.41, 5.74) is 2.40. The summed E-state index contributed by atoms with van der Waals surface area (Å²) in [5.74, 6) is 0.317. The van der Waals surface area contributed by atoms with Crippen molar-refractivity contribution in [2.45, 2.75) is 13.3 Å². The molecule has 1 amide bonds. The number of carbonyl (C=O) groups excluding carboxylic acids is 2. The van der Waals surface area contributed by atoms with E-state index >= 15 is 0 Å². The van der Waals surface area contributed by atoms with E-state index in [1.807, 2.05) is 13.0 Å². The molecule has 0 heterocycles. The molecular formula is C17H16ClNO3. The Morgan fingerprint density at radius 3 is 2.77 bits per heavy atom. The summed E-state index contributed by atoms with van der Waals surface area (Å²) in [6, 6.07) is 5.30. The van der Waals surface area contributed by atoms with Gasteiger partial charge >= 0.3 is 0 Å². The molecule has 2 rings (SSSR count). The third kappa shape index (κ3) is 3.86. The molecule has 114 valence electrons. The minimum Gasteiger partial charge on any atom is -0.501 e. The molecule has 1 aliphatic carbocycles. The number of aldehydes is 1. The number of rotatable bonds is 4. The number of aryl methyl sites for hydroxylation is 1. The molecule has 0 spiro atoms. The summed E-state index contributed by atoms with van der Waals surface area (Å²) in [7, 11) is 1.53. The summed E-state index contributed by atoms with van der Waals surface area (Å²) in [6.45, 7) is 1.89. The van der Waals surface area contributed by atoms with Gasteiger partial charge in [-0.3, -0.25) is 9.59 Å². The first-order valence-corrected chi connectivity index (χ1v) is 7.09. The van der Waals surface area contributed by atoms with Crippen molar-refractivity contribution in [3.8, 4) is 0 Å². The van der Waals surface area contributed by atoms with Gasteiger partial charge in [-0.25, -0.2) is 0 Å². The van der Waals surface area contributed by atoms with Crippen molar-refractivity contribution in [1.29, 1.82) is 0 Å². The van der Waals surface area contributed by atoms with Gasteiger partial charge in [-0.2, -0.15) is 0 Å². The highest BCUT2D eigenvalue weighted by atomic mass is 35.5. The summed E-state index contributed by atoms with van der Waals surface area (Å²) in [4.78, 5) is 23.4. The maximum absolute atomic E-state index is 12.4. The monoisotopic (exact) mass is 317 g/mol. The van der Waals surface area contributed by atoms with Gasteiger partial charge in [0, 0.05) is 28.3 Å². The van der Waals surface area contributed by atoms with Crippen LogP contribution in [0.3, 0.4) is 0 Å². The molecule has 0 atom stereocenters. The van der Waals surface area contributed by atoms with E-state index in [0.29, 0.717) is 40.3 Å². The third-order valence-corrected chi connectivity index (χ3v) is 3.69. The van der Waals surface area contributed by atoms with E-state index < -0.39 is 0 Å². The van der Waals surface area contributed by atoms with Crippen LogP contribution in [0.25, 0.3) is 0 Å². The first kappa shape index (κ1) is 16.0. The van der Waals surface area contributed by atoms with Gasteiger partial charge in [0.25, 0.3) is 5.91 Å². The second kappa shape index (κ2) is 7.09. The largest absolute Gasteiger partial charge is 0.501 e. The minimum atomic E-state index is -0.294. The Balaban J connectivity index is 2.22. The molecule has 0 aromatic heterocycles. The van der Waals surface area contributed by atoms with E-state index in [0.717, 1.165) is 5.56 Å². The summed E-state index contributed by atoms with van der Waals surface area (Å²) >= 11 is 6.05. The Morgan fingerprint density at radius 2 is 2.14 bits per heavy atom. The average molecular weight is 318 g/mol. The molecule has 0 saturated carbocycles. The van der Waals surface area contributed by atoms with Crippen LogP contribution >= 0.6 is 11.6 Å². The van der Waals surface area contributed by atoms with Crippen LogP contribution in [-0.4, -0.2) is 19.3 Å². The molecule has 0 bridgehead atoms. The number of hydrogen-bond acceptors (Lipinski definition) is 3. The van der Waals surface area contributed by atoms with Gasteiger partial charge in [-0.05, 0) is 42.8 Å². The maximum Gasteiger partial charge on any atom is 0.252 e. The summed E-state index contributed by atoms with van der Waals surface area (Å²) < 4.78 is 5.19. The lowest BCUT2D eigenvalue weighted by Gasteiger charge is -2.10. The smallest absolute Gasteiger partial charge is 0.252 e. The van der Waals surface area contributed by atoms with E-state index in [4.69, 9.17) is 16.3 Å². The van der Waals surface area contributed by atoms with Crippen LogP contribution in [0.1, 0.15) is 12.0 Å². The Labute approximate surface area is 134 Å². The number of carbonyl (C=O) groups is 2. The second-order valence-electron chi connectivity index (χ2n) is 4.89. The highest BCUT2D eigenvalue weighted by molar-refractivity contribution is 6.31. The van der Waals surface area contributed by atoms with E-state index in [9.17, 15) is 9.59 Å². The van der Waals surface area contributed by atoms with Crippen LogP contribution in [0.15, 0.2) is 53.3 Å². The fourth-order valence-electron chi connectivity index (χ4n) is 1.98. The number of hydrogen-bond donors (Lipinski definition) is 1. The Kier molecular flexibility index (Phi) is 5.17. The van der Waals surface area contributed by atoms with Crippen molar-refractivity contribution in [2.24, 2.45) is 0 Å². The lowest BCUT2D eigenvalue weighted by molar-refractivity contribution is -0.113. The lowest BCUT2D eigenvalue weighted by Crippen LogP contribution is -2.15. The Hall–Kier alpha value is -2.33. The standard InChI is InChI=1S/C17H16ClNO3/c1-11-3-5-14(9-16(11)18)19-17(21)13-7-12(10-20)4-6-15(8-13)22-2/h3-7,9-10H,8H2,1-2H3,(H,19,21). The summed E-state index contributed by atoms with van der Waals surface area (Å²) in [5, 5.41) is 3.36. The molecule has 1 aromatic carbocycles. The molecule has 22 heavy (non-hydrogen) atoms. The fourth-order valence-corrected chi connectivity index (χ4v) is 2.16. The van der Waals surface area contributed by atoms with Gasteiger partial charge in [0.05, 0.1) is 7.11 Å². The van der Waals surface area contributed by atoms with Gasteiger partial charge in [0.15, 0.2) is 0 Å². The number of amides is 1. The normalized spacial score (nSPS) is 14.2. The van der Waals surface area contributed by atoms with Crippen molar-refractivity contribution in [2.75, 3.05) is 12.4 Å². The molecule has 0 saturated heterocycles. The maximum atomic E-state index is 12.4. The molecular weight excluding hydrogens is 302 g/mol. The van der Waals surface area contributed by atoms with Crippen molar-refractivity contribution >= 4 is 29.5 Å². The van der Waals surface area contributed by atoms with Gasteiger partial charge in [-0.15, -0.1) is 0 Å². The number of halogens is 1. The molecule has 0 aliphatic heterocycles. The van der Waals surface area contributed by atoms with Crippen LogP contribution in [0, 0.1) is 6.92 Å². The fraction of sp³-hybridized carbons (Fsp3) is 0.176. The van der Waals surface area contributed by atoms with E-state index in [1.165, 1.54) is 7.11 Å². The summed E-state index contributed by atoms with van der Waals surface area (Å²) in [6.07, 6.45) is 5.87. The topological polar surface area (TPSA) is 55.4 Å². The highest BCUT2D eigenvalue weighted by Gasteiger charge is 2.15. The molecule has 5 heteroatoms. The molecule has 1 aromatic rings. The predicted molar refractivity (Wildman–Crippen MR) is 86.8 cm³/mol. The van der Waals surface area contributed by atoms with Crippen LogP contribution in [0.2, 0.25) is 5.02 Å². The molecule has 1 N–H and O–H groups in total. The van der Waals surface area contributed by atoms with E-state index in [-0.39, 0.29) is 5.91 Å². The van der Waals surface area contributed by atoms with Gasteiger partial charge < -0.3 is 10.1 Å². The number of allylic oxidation sites excluding steroid dienone is 5. The molecule has 0 fully saturated rings. The molecule has 0 radical (unpaired) electrons. The zero-order chi connectivity index (χ0) is 16.1. The number of methoxy groups -OCH3 is 1. The Bertz CT molecular complexity index is 702. The van der Waals surface area contributed by atoms with E-state index in [1.54, 1.807) is 30.4 Å². The van der Waals surface area contributed by atoms with Crippen molar-refractivity contribution in [3.63, 3.8) is 0 Å².